The Bertz CT molecular complexity index is 1230. The number of alkyl halides is 3. The number of aromatic nitrogens is 2. The van der Waals surface area contributed by atoms with Gasteiger partial charge in [-0.25, -0.2) is 14.4 Å². The molecule has 0 saturated heterocycles. The Labute approximate surface area is 194 Å². The smallest absolute Gasteiger partial charge is 0.433 e. The second kappa shape index (κ2) is 10.9. The van der Waals surface area contributed by atoms with Crippen molar-refractivity contribution in [3.8, 4) is 16.9 Å². The van der Waals surface area contributed by atoms with Crippen LogP contribution in [-0.2, 0) is 0 Å². The molecule has 34 heavy (non-hydrogen) atoms. The van der Waals surface area contributed by atoms with Gasteiger partial charge >= 0.3 is 6.18 Å². The van der Waals surface area contributed by atoms with Crippen molar-refractivity contribution in [3.05, 3.63) is 72.0 Å². The Morgan fingerprint density at radius 1 is 1.12 bits per heavy atom. The number of halogens is 4. The fourth-order valence-corrected chi connectivity index (χ4v) is 3.24. The number of benzene rings is 2. The van der Waals surface area contributed by atoms with Crippen molar-refractivity contribution in [2.75, 3.05) is 19.0 Å². The minimum Gasteiger partial charge on any atom is -0.494 e. The van der Waals surface area contributed by atoms with Crippen LogP contribution in [0.4, 0.5) is 23.4 Å². The van der Waals surface area contributed by atoms with Gasteiger partial charge in [0, 0.05) is 18.1 Å². The number of aliphatic imine (C=N–C) groups is 1. The first-order valence-corrected chi connectivity index (χ1v) is 10.6. The van der Waals surface area contributed by atoms with E-state index in [0.717, 1.165) is 17.2 Å². The van der Waals surface area contributed by atoms with Crippen LogP contribution in [0, 0.1) is 5.82 Å². The van der Waals surface area contributed by atoms with Crippen LogP contribution in [0.3, 0.4) is 0 Å². The van der Waals surface area contributed by atoms with E-state index >= 15 is 0 Å². The zero-order valence-corrected chi connectivity index (χ0v) is 18.9. The second-order valence-corrected chi connectivity index (χ2v) is 7.27. The number of allylic oxidation sites excluding steroid dienone is 3. The van der Waals surface area contributed by atoms with Gasteiger partial charge in [0.2, 0.25) is 0 Å². The van der Waals surface area contributed by atoms with E-state index in [0.29, 0.717) is 28.0 Å². The molecule has 0 amide bonds. The molecular weight excluding hydrogens is 448 g/mol. The van der Waals surface area contributed by atoms with Crippen LogP contribution in [-0.4, -0.2) is 36.0 Å². The van der Waals surface area contributed by atoms with Gasteiger partial charge in [-0.2, -0.15) is 13.2 Å². The van der Waals surface area contributed by atoms with Gasteiger partial charge in [0.05, 0.1) is 7.11 Å². The number of nitrogens with zero attached hydrogens (tertiary/aromatic N) is 3. The quantitative estimate of drug-likeness (QED) is 0.292. The highest BCUT2D eigenvalue weighted by Gasteiger charge is 2.33. The molecule has 0 bridgehead atoms. The maximum absolute atomic E-state index is 13.4. The number of rotatable bonds is 8. The van der Waals surface area contributed by atoms with Gasteiger partial charge in [-0.05, 0) is 54.3 Å². The Balaban J connectivity index is 1.92. The lowest BCUT2D eigenvalue weighted by molar-refractivity contribution is -0.0925. The third kappa shape index (κ3) is 5.98. The molecule has 0 spiro atoms. The first kappa shape index (κ1) is 24.9. The van der Waals surface area contributed by atoms with Crippen molar-refractivity contribution in [2.24, 2.45) is 4.99 Å². The lowest BCUT2D eigenvalue weighted by Gasteiger charge is -2.13. The fraction of sp³-hybridized carbons (Fsp3) is 0.240. The van der Waals surface area contributed by atoms with Crippen LogP contribution >= 0.6 is 0 Å². The van der Waals surface area contributed by atoms with Crippen molar-refractivity contribution in [1.82, 2.24) is 9.97 Å². The highest BCUT2D eigenvalue weighted by Crippen LogP contribution is 2.34. The van der Waals surface area contributed by atoms with E-state index in [9.17, 15) is 17.6 Å². The Morgan fingerprint density at radius 2 is 1.85 bits per heavy atom. The molecule has 0 aliphatic heterocycles. The molecule has 1 aromatic heterocycles. The number of ether oxygens (including phenoxy) is 1. The molecule has 0 aliphatic carbocycles. The summed E-state index contributed by atoms with van der Waals surface area (Å²) in [4.78, 5) is 12.2. The average molecular weight is 472 g/mol. The molecule has 3 aromatic rings. The predicted molar refractivity (Wildman–Crippen MR) is 127 cm³/mol. The highest BCUT2D eigenvalue weighted by atomic mass is 19.4. The largest absolute Gasteiger partial charge is 0.494 e. The van der Waals surface area contributed by atoms with Crippen LogP contribution < -0.4 is 10.1 Å². The molecule has 9 heteroatoms. The number of anilines is 1. The molecule has 0 aliphatic rings. The van der Waals surface area contributed by atoms with Gasteiger partial charge in [0.25, 0.3) is 0 Å². The molecule has 0 unspecified atom stereocenters. The number of methoxy groups -OCH3 is 1. The molecule has 0 radical (unpaired) electrons. The van der Waals surface area contributed by atoms with Crippen LogP contribution in [0.15, 0.2) is 71.1 Å². The molecule has 3 rings (SSSR count). The van der Waals surface area contributed by atoms with Crippen LogP contribution in [0.5, 0.6) is 5.75 Å². The summed E-state index contributed by atoms with van der Waals surface area (Å²) in [5.41, 5.74) is 1.72. The normalized spacial score (nSPS) is 13.0. The molecule has 0 saturated carbocycles. The SMILES string of the molecule is C\C=C(/C=N/C(=C/CC)C(F)(F)F)CNc1ncnc2c(OC)cc(-c3ccc(F)cc3)cc12. The van der Waals surface area contributed by atoms with Gasteiger partial charge in [-0.3, -0.25) is 4.99 Å². The van der Waals surface area contributed by atoms with Crippen LogP contribution in [0.1, 0.15) is 20.3 Å². The van der Waals surface area contributed by atoms with E-state index in [1.54, 1.807) is 38.1 Å². The summed E-state index contributed by atoms with van der Waals surface area (Å²) >= 11 is 0. The van der Waals surface area contributed by atoms with E-state index in [1.807, 2.05) is 6.07 Å². The van der Waals surface area contributed by atoms with Gasteiger partial charge in [-0.15, -0.1) is 0 Å². The van der Waals surface area contributed by atoms with Crippen LogP contribution in [0.2, 0.25) is 0 Å². The van der Waals surface area contributed by atoms with E-state index in [4.69, 9.17) is 4.74 Å². The molecule has 5 nitrogen and oxygen atoms in total. The Kier molecular flexibility index (Phi) is 7.99. The summed E-state index contributed by atoms with van der Waals surface area (Å²) in [6, 6.07) is 9.70. The highest BCUT2D eigenvalue weighted by molar-refractivity contribution is 5.97. The van der Waals surface area contributed by atoms with Gasteiger partial charge in [0.1, 0.15) is 34.9 Å². The van der Waals surface area contributed by atoms with Crippen molar-refractivity contribution < 1.29 is 22.3 Å². The standard InChI is InChI=1S/C25H24F4N4O/c1-4-6-22(25(27,28)29)30-13-16(5-2)14-31-24-20-11-18(17-7-9-19(26)10-8-17)12-21(34-3)23(20)32-15-33-24/h5-13,15H,4,14H2,1-3H3,(H,31,32,33)/b16-5+,22-6+,30-13+. The second-order valence-electron chi connectivity index (χ2n) is 7.27. The van der Waals surface area contributed by atoms with E-state index in [1.165, 1.54) is 31.8 Å². The van der Waals surface area contributed by atoms with Gasteiger partial charge < -0.3 is 10.1 Å². The first-order chi connectivity index (χ1) is 16.3. The minimum absolute atomic E-state index is 0.187. The van der Waals surface area contributed by atoms with Crippen LogP contribution in [0.25, 0.3) is 22.0 Å². The molecule has 1 heterocycles. The number of hydrogen-bond donors (Lipinski definition) is 1. The van der Waals surface area contributed by atoms with Gasteiger partial charge in [-0.1, -0.05) is 31.2 Å². The lowest BCUT2D eigenvalue weighted by atomic mass is 10.0. The van der Waals surface area contributed by atoms with Crippen molar-refractivity contribution in [3.63, 3.8) is 0 Å². The minimum atomic E-state index is -4.52. The summed E-state index contributed by atoms with van der Waals surface area (Å²) in [6.07, 6.45) is 0.980. The number of fused-ring (bicyclic) bond motifs is 1. The van der Waals surface area contributed by atoms with E-state index in [2.05, 4.69) is 20.3 Å². The maximum Gasteiger partial charge on any atom is 0.433 e. The summed E-state index contributed by atoms with van der Waals surface area (Å²) in [6.45, 7) is 3.52. The molecular formula is C25H24F4N4O. The fourth-order valence-electron chi connectivity index (χ4n) is 3.24. The van der Waals surface area contributed by atoms with E-state index < -0.39 is 11.9 Å². The molecule has 2 aromatic carbocycles. The number of hydrogen-bond acceptors (Lipinski definition) is 5. The van der Waals surface area contributed by atoms with E-state index in [-0.39, 0.29) is 18.8 Å². The molecule has 178 valence electrons. The Morgan fingerprint density at radius 3 is 2.47 bits per heavy atom. The zero-order chi connectivity index (χ0) is 24.7. The van der Waals surface area contributed by atoms with Crippen molar-refractivity contribution >= 4 is 22.9 Å². The van der Waals surface area contributed by atoms with Crippen molar-refractivity contribution in [2.45, 2.75) is 26.4 Å². The monoisotopic (exact) mass is 472 g/mol. The van der Waals surface area contributed by atoms with Crippen molar-refractivity contribution in [1.29, 1.82) is 0 Å². The molecule has 0 fully saturated rings. The molecule has 1 N–H and O–H groups in total. The average Bonchev–Trinajstić information content (AvgIpc) is 2.82. The zero-order valence-electron chi connectivity index (χ0n) is 18.9. The summed E-state index contributed by atoms with van der Waals surface area (Å²) in [5, 5.41) is 3.79. The summed E-state index contributed by atoms with van der Waals surface area (Å²) in [7, 11) is 1.52. The maximum atomic E-state index is 13.4. The predicted octanol–water partition coefficient (Wildman–Crippen LogP) is 6.73. The summed E-state index contributed by atoms with van der Waals surface area (Å²) < 4.78 is 58.1. The Hall–Kier alpha value is -3.75. The third-order valence-electron chi connectivity index (χ3n) is 4.99. The number of nitrogens with one attached hydrogen (secondary N) is 1. The van der Waals surface area contributed by atoms with Gasteiger partial charge in [0.15, 0.2) is 0 Å². The topological polar surface area (TPSA) is 59.4 Å². The lowest BCUT2D eigenvalue weighted by Crippen LogP contribution is -2.12. The first-order valence-electron chi connectivity index (χ1n) is 10.6. The molecule has 0 atom stereocenters. The third-order valence-corrected chi connectivity index (χ3v) is 4.99. The summed E-state index contributed by atoms with van der Waals surface area (Å²) in [5.74, 6) is 0.639.